The zero-order chi connectivity index (χ0) is 27.8. The van der Waals surface area contributed by atoms with Crippen molar-refractivity contribution in [2.45, 2.75) is 66.2 Å². The number of amides is 1. The SMILES string of the molecule is CCC1CCC(C(=O)N=C(N)/C=C\NCCO)CC1.CCc1c(C)cc(NCCN(C)C)cc1C(C)=O. The van der Waals surface area contributed by atoms with Crippen molar-refractivity contribution >= 4 is 23.2 Å². The molecular weight excluding hydrogens is 466 g/mol. The molecule has 1 aliphatic rings. The fourth-order valence-electron chi connectivity index (χ4n) is 4.49. The molecule has 1 aromatic rings. The average molecular weight is 516 g/mol. The zero-order valence-corrected chi connectivity index (χ0v) is 23.8. The van der Waals surface area contributed by atoms with Gasteiger partial charge in [0.1, 0.15) is 5.84 Å². The van der Waals surface area contributed by atoms with E-state index in [0.29, 0.717) is 6.54 Å². The molecule has 8 heteroatoms. The van der Waals surface area contributed by atoms with Gasteiger partial charge in [-0.3, -0.25) is 9.59 Å². The van der Waals surface area contributed by atoms with E-state index in [1.54, 1.807) is 19.2 Å². The third-order valence-electron chi connectivity index (χ3n) is 6.73. The van der Waals surface area contributed by atoms with Crippen LogP contribution in [0, 0.1) is 18.8 Å². The molecule has 1 amide bonds. The topological polar surface area (TPSA) is 120 Å². The summed E-state index contributed by atoms with van der Waals surface area (Å²) in [6, 6.07) is 4.10. The van der Waals surface area contributed by atoms with Crippen LogP contribution in [0.5, 0.6) is 0 Å². The van der Waals surface area contributed by atoms with Crippen molar-refractivity contribution in [3.05, 3.63) is 41.1 Å². The Morgan fingerprint density at radius 1 is 1.16 bits per heavy atom. The molecule has 0 aromatic heterocycles. The van der Waals surface area contributed by atoms with Crippen molar-refractivity contribution in [2.75, 3.05) is 45.7 Å². The van der Waals surface area contributed by atoms with Crippen LogP contribution < -0.4 is 16.4 Å². The van der Waals surface area contributed by atoms with Crippen molar-refractivity contribution in [1.29, 1.82) is 0 Å². The second-order valence-electron chi connectivity index (χ2n) is 9.97. The number of aliphatic hydroxyl groups excluding tert-OH is 1. The number of aliphatic imine (C=N–C) groups is 1. The van der Waals surface area contributed by atoms with Crippen molar-refractivity contribution < 1.29 is 14.7 Å². The number of anilines is 1. The number of amidine groups is 1. The minimum Gasteiger partial charge on any atom is -0.395 e. The second-order valence-corrected chi connectivity index (χ2v) is 9.97. The highest BCUT2D eigenvalue weighted by Crippen LogP contribution is 2.31. The Balaban J connectivity index is 0.000000371. The molecule has 0 unspecified atom stereocenters. The highest BCUT2D eigenvalue weighted by Gasteiger charge is 2.25. The lowest BCUT2D eigenvalue weighted by molar-refractivity contribution is -0.122. The van der Waals surface area contributed by atoms with E-state index >= 15 is 0 Å². The molecule has 5 N–H and O–H groups in total. The molecular formula is C29H49N5O3. The summed E-state index contributed by atoms with van der Waals surface area (Å²) in [6.45, 7) is 10.4. The number of ketones is 1. The lowest BCUT2D eigenvalue weighted by atomic mass is 9.80. The quantitative estimate of drug-likeness (QED) is 0.144. The maximum Gasteiger partial charge on any atom is 0.250 e. The fourth-order valence-corrected chi connectivity index (χ4v) is 4.49. The van der Waals surface area contributed by atoms with E-state index in [-0.39, 0.29) is 30.1 Å². The van der Waals surface area contributed by atoms with Crippen molar-refractivity contribution in [3.8, 4) is 0 Å². The Bertz CT molecular complexity index is 903. The van der Waals surface area contributed by atoms with E-state index < -0.39 is 0 Å². The van der Waals surface area contributed by atoms with Crippen LogP contribution in [0.2, 0.25) is 0 Å². The smallest absolute Gasteiger partial charge is 0.250 e. The monoisotopic (exact) mass is 515 g/mol. The first-order valence-electron chi connectivity index (χ1n) is 13.5. The molecule has 0 aliphatic heterocycles. The first kappa shape index (κ1) is 32.3. The van der Waals surface area contributed by atoms with Crippen LogP contribution in [-0.2, 0) is 11.2 Å². The van der Waals surface area contributed by atoms with Crippen molar-refractivity contribution in [1.82, 2.24) is 10.2 Å². The number of nitrogens with zero attached hydrogens (tertiary/aromatic N) is 2. The van der Waals surface area contributed by atoms with E-state index in [1.807, 2.05) is 20.2 Å². The number of benzene rings is 1. The molecule has 0 bridgehead atoms. The van der Waals surface area contributed by atoms with Gasteiger partial charge in [-0.1, -0.05) is 20.3 Å². The van der Waals surface area contributed by atoms with Crippen LogP contribution in [0.1, 0.15) is 74.4 Å². The molecule has 1 fully saturated rings. The van der Waals surface area contributed by atoms with Crippen LogP contribution in [-0.4, -0.2) is 67.9 Å². The first-order valence-corrected chi connectivity index (χ1v) is 13.5. The molecule has 1 aliphatic carbocycles. The normalized spacial score (nSPS) is 17.9. The number of carbonyl (C=O) groups is 2. The summed E-state index contributed by atoms with van der Waals surface area (Å²) in [5.41, 5.74) is 9.91. The predicted molar refractivity (Wildman–Crippen MR) is 154 cm³/mol. The van der Waals surface area contributed by atoms with Crippen molar-refractivity contribution in [2.24, 2.45) is 22.6 Å². The molecule has 37 heavy (non-hydrogen) atoms. The van der Waals surface area contributed by atoms with Gasteiger partial charge in [0.2, 0.25) is 0 Å². The van der Waals surface area contributed by atoms with Gasteiger partial charge in [0.05, 0.1) is 6.61 Å². The standard InChI is InChI=1S/C15H24N2O.C14H25N3O2/c1-6-14-11(2)9-13(10-15(14)12(3)18)16-7-8-17(4)5;1-2-11-3-5-12(6-4-11)14(19)17-13(15)7-8-16-9-10-18/h9-10,16H,6-8H2,1-5H3;7-8,11-12,16,18H,2-6,9-10H2,1H3,(H2,15,17,19)/b;8-7-. The minimum atomic E-state index is -0.0983. The summed E-state index contributed by atoms with van der Waals surface area (Å²) in [5.74, 6) is 1.08. The number of rotatable bonds is 12. The Hall–Kier alpha value is -2.71. The minimum absolute atomic E-state index is 0.0418. The number of likely N-dealkylation sites (N-methyl/N-ethyl adjacent to an activating group) is 1. The summed E-state index contributed by atoms with van der Waals surface area (Å²) in [4.78, 5) is 29.7. The fraction of sp³-hybridized carbons (Fsp3) is 0.621. The summed E-state index contributed by atoms with van der Waals surface area (Å²) < 4.78 is 0. The highest BCUT2D eigenvalue weighted by molar-refractivity contribution is 6.00. The molecule has 0 radical (unpaired) electrons. The zero-order valence-electron chi connectivity index (χ0n) is 23.8. The number of aliphatic hydroxyl groups is 1. The van der Waals surface area contributed by atoms with Crippen LogP contribution >= 0.6 is 0 Å². The van der Waals surface area contributed by atoms with Crippen LogP contribution in [0.4, 0.5) is 5.69 Å². The van der Waals surface area contributed by atoms with E-state index in [9.17, 15) is 9.59 Å². The van der Waals surface area contributed by atoms with E-state index in [0.717, 1.165) is 62.4 Å². The number of nitrogens with two attached hydrogens (primary N) is 1. The summed E-state index contributed by atoms with van der Waals surface area (Å²) >= 11 is 0. The molecule has 8 nitrogen and oxygen atoms in total. The molecule has 0 heterocycles. The Morgan fingerprint density at radius 3 is 2.38 bits per heavy atom. The number of aryl methyl sites for hydroxylation is 1. The van der Waals surface area contributed by atoms with E-state index in [1.165, 1.54) is 17.5 Å². The third-order valence-corrected chi connectivity index (χ3v) is 6.73. The number of carbonyl (C=O) groups excluding carboxylic acids is 2. The number of Topliss-reactive ketones (excluding diaryl/α,β-unsaturated/α-hetero) is 1. The van der Waals surface area contributed by atoms with Gasteiger partial charge in [-0.25, -0.2) is 0 Å². The van der Waals surface area contributed by atoms with Gasteiger partial charge in [-0.05, 0) is 95.3 Å². The van der Waals surface area contributed by atoms with Gasteiger partial charge in [0, 0.05) is 43.0 Å². The maximum atomic E-state index is 11.9. The maximum absolute atomic E-state index is 11.9. The molecule has 2 rings (SSSR count). The Kier molecular flexibility index (Phi) is 15.5. The van der Waals surface area contributed by atoms with Gasteiger partial charge < -0.3 is 26.4 Å². The molecule has 208 valence electrons. The van der Waals surface area contributed by atoms with E-state index in [2.05, 4.69) is 47.4 Å². The van der Waals surface area contributed by atoms with Gasteiger partial charge in [0.25, 0.3) is 5.91 Å². The van der Waals surface area contributed by atoms with Crippen molar-refractivity contribution in [3.63, 3.8) is 0 Å². The lowest BCUT2D eigenvalue weighted by Gasteiger charge is -2.25. The van der Waals surface area contributed by atoms with Crippen LogP contribution in [0.25, 0.3) is 0 Å². The van der Waals surface area contributed by atoms with Gasteiger partial charge in [-0.15, -0.1) is 0 Å². The van der Waals surface area contributed by atoms with Gasteiger partial charge in [-0.2, -0.15) is 4.99 Å². The molecule has 0 spiro atoms. The van der Waals surface area contributed by atoms with E-state index in [4.69, 9.17) is 10.8 Å². The molecule has 0 atom stereocenters. The second kappa shape index (κ2) is 17.7. The number of hydrogen-bond donors (Lipinski definition) is 4. The summed E-state index contributed by atoms with van der Waals surface area (Å²) in [5, 5.41) is 14.8. The van der Waals surface area contributed by atoms with Gasteiger partial charge in [0.15, 0.2) is 5.78 Å². The Morgan fingerprint density at radius 2 is 1.84 bits per heavy atom. The number of nitrogens with one attached hydrogen (secondary N) is 2. The molecule has 0 saturated heterocycles. The molecule has 1 aromatic carbocycles. The summed E-state index contributed by atoms with van der Waals surface area (Å²) in [6.07, 6.45) is 9.35. The Labute approximate surface area is 223 Å². The predicted octanol–water partition coefficient (Wildman–Crippen LogP) is 3.92. The molecule has 1 saturated carbocycles. The third kappa shape index (κ3) is 12.4. The number of hydrogen-bond acceptors (Lipinski definition) is 6. The lowest BCUT2D eigenvalue weighted by Crippen LogP contribution is -2.23. The average Bonchev–Trinajstić information content (AvgIpc) is 2.86. The largest absolute Gasteiger partial charge is 0.395 e. The van der Waals surface area contributed by atoms with Gasteiger partial charge >= 0.3 is 0 Å². The highest BCUT2D eigenvalue weighted by atomic mass is 16.3. The van der Waals surface area contributed by atoms with Crippen LogP contribution in [0.3, 0.4) is 0 Å². The summed E-state index contributed by atoms with van der Waals surface area (Å²) in [7, 11) is 4.10. The first-order chi connectivity index (χ1) is 17.6. The van der Waals surface area contributed by atoms with Crippen LogP contribution in [0.15, 0.2) is 29.4 Å².